The van der Waals surface area contributed by atoms with Gasteiger partial charge in [-0.3, -0.25) is 9.78 Å². The first-order valence-corrected chi connectivity index (χ1v) is 7.11. The van der Waals surface area contributed by atoms with E-state index in [1.54, 1.807) is 0 Å². The first-order valence-electron chi connectivity index (χ1n) is 6.74. The molecule has 1 aromatic carbocycles. The van der Waals surface area contributed by atoms with Crippen LogP contribution in [0.25, 0.3) is 0 Å². The summed E-state index contributed by atoms with van der Waals surface area (Å²) in [6.07, 6.45) is 2.93. The van der Waals surface area contributed by atoms with Crippen LogP contribution in [0.2, 0.25) is 5.02 Å². The molecule has 1 aromatic heterocycles. The van der Waals surface area contributed by atoms with E-state index in [4.69, 9.17) is 16.3 Å². The van der Waals surface area contributed by atoms with Crippen molar-refractivity contribution >= 4 is 23.5 Å². The number of nitrogens with zero attached hydrogens (tertiary/aromatic N) is 1. The highest BCUT2D eigenvalue weighted by atomic mass is 35.5. The van der Waals surface area contributed by atoms with Gasteiger partial charge in [-0.2, -0.15) is 0 Å². The van der Waals surface area contributed by atoms with Crippen LogP contribution in [0, 0.1) is 5.82 Å². The Morgan fingerprint density at radius 3 is 2.61 bits per heavy atom. The predicted octanol–water partition coefficient (Wildman–Crippen LogP) is 2.39. The number of benzene rings is 1. The van der Waals surface area contributed by atoms with Crippen molar-refractivity contribution in [1.82, 2.24) is 10.3 Å². The first-order chi connectivity index (χ1) is 11.0. The topological polar surface area (TPSA) is 68.3 Å². The van der Waals surface area contributed by atoms with Crippen LogP contribution in [0.3, 0.4) is 0 Å². The maximum atomic E-state index is 12.9. The van der Waals surface area contributed by atoms with Crippen LogP contribution in [0.1, 0.15) is 15.9 Å². The van der Waals surface area contributed by atoms with Gasteiger partial charge in [0, 0.05) is 18.8 Å². The number of hydrogen-bond donors (Lipinski definition) is 1. The van der Waals surface area contributed by atoms with Crippen LogP contribution in [0.5, 0.6) is 0 Å². The second-order valence-electron chi connectivity index (χ2n) is 4.74. The van der Waals surface area contributed by atoms with Gasteiger partial charge >= 0.3 is 5.97 Å². The lowest BCUT2D eigenvalue weighted by molar-refractivity contribution is -0.142. The number of halogens is 2. The fraction of sp³-hybridized carbons (Fsp3) is 0.188. The molecule has 0 aliphatic rings. The van der Waals surface area contributed by atoms with Gasteiger partial charge in [0.1, 0.15) is 11.9 Å². The van der Waals surface area contributed by atoms with Gasteiger partial charge in [-0.05, 0) is 23.8 Å². The summed E-state index contributed by atoms with van der Waals surface area (Å²) in [5.41, 5.74) is 0.887. The molecule has 0 aliphatic heterocycles. The van der Waals surface area contributed by atoms with E-state index in [1.165, 1.54) is 49.8 Å². The van der Waals surface area contributed by atoms with Gasteiger partial charge < -0.3 is 10.1 Å². The van der Waals surface area contributed by atoms with E-state index in [-0.39, 0.29) is 22.8 Å². The number of hydrogen-bond acceptors (Lipinski definition) is 4. The second-order valence-corrected chi connectivity index (χ2v) is 5.14. The molecule has 0 bridgehead atoms. The molecule has 1 heterocycles. The van der Waals surface area contributed by atoms with Gasteiger partial charge in [-0.15, -0.1) is 0 Å². The van der Waals surface area contributed by atoms with Gasteiger partial charge in [-0.1, -0.05) is 23.7 Å². The number of esters is 1. The zero-order chi connectivity index (χ0) is 16.8. The van der Waals surface area contributed by atoms with Crippen LogP contribution in [-0.4, -0.2) is 30.0 Å². The molecule has 23 heavy (non-hydrogen) atoms. The monoisotopic (exact) mass is 336 g/mol. The van der Waals surface area contributed by atoms with Crippen molar-refractivity contribution in [3.05, 3.63) is 64.7 Å². The molecule has 0 saturated heterocycles. The van der Waals surface area contributed by atoms with Crippen molar-refractivity contribution in [3.63, 3.8) is 0 Å². The lowest BCUT2D eigenvalue weighted by atomic mass is 10.1. The average Bonchev–Trinajstić information content (AvgIpc) is 2.55. The second kappa shape index (κ2) is 7.69. The normalized spacial score (nSPS) is 11.6. The molecule has 0 aliphatic carbocycles. The van der Waals surface area contributed by atoms with Gasteiger partial charge in [0.2, 0.25) is 0 Å². The highest BCUT2D eigenvalue weighted by molar-refractivity contribution is 6.33. The molecule has 1 atom stereocenters. The quantitative estimate of drug-likeness (QED) is 0.851. The minimum atomic E-state index is -0.915. The van der Waals surface area contributed by atoms with Crippen LogP contribution in [0.4, 0.5) is 4.39 Å². The zero-order valence-electron chi connectivity index (χ0n) is 12.3. The number of carbonyl (C=O) groups excluding carboxylic acids is 2. The fourth-order valence-corrected chi connectivity index (χ4v) is 2.19. The van der Waals surface area contributed by atoms with Gasteiger partial charge in [0.15, 0.2) is 0 Å². The molecule has 0 spiro atoms. The maximum Gasteiger partial charge on any atom is 0.328 e. The summed E-state index contributed by atoms with van der Waals surface area (Å²) >= 11 is 5.91. The molecule has 0 saturated carbocycles. The van der Waals surface area contributed by atoms with Gasteiger partial charge in [-0.25, -0.2) is 9.18 Å². The highest BCUT2D eigenvalue weighted by Crippen LogP contribution is 2.14. The van der Waals surface area contributed by atoms with Crippen molar-refractivity contribution < 1.29 is 18.7 Å². The molecule has 1 amide bonds. The van der Waals surface area contributed by atoms with Gasteiger partial charge in [0.25, 0.3) is 5.91 Å². The molecule has 0 fully saturated rings. The van der Waals surface area contributed by atoms with Crippen molar-refractivity contribution in [2.24, 2.45) is 0 Å². The van der Waals surface area contributed by atoms with E-state index in [0.717, 1.165) is 0 Å². The van der Waals surface area contributed by atoms with E-state index in [2.05, 4.69) is 10.3 Å². The van der Waals surface area contributed by atoms with E-state index < -0.39 is 17.9 Å². The van der Waals surface area contributed by atoms with Crippen molar-refractivity contribution in [1.29, 1.82) is 0 Å². The molecule has 5 nitrogen and oxygen atoms in total. The third-order valence-electron chi connectivity index (χ3n) is 3.16. The van der Waals surface area contributed by atoms with Crippen molar-refractivity contribution in [3.8, 4) is 0 Å². The van der Waals surface area contributed by atoms with Crippen LogP contribution >= 0.6 is 11.6 Å². The standard InChI is InChI=1S/C16H14ClFN2O3/c1-23-16(22)14(8-10-2-4-11(18)5-3-10)20-15(21)12-6-7-19-9-13(12)17/h2-7,9,14H,8H2,1H3,(H,20,21)/t14-/m0/s1. The lowest BCUT2D eigenvalue weighted by Gasteiger charge is -2.17. The summed E-state index contributed by atoms with van der Waals surface area (Å²) < 4.78 is 17.6. The highest BCUT2D eigenvalue weighted by Gasteiger charge is 2.23. The largest absolute Gasteiger partial charge is 0.467 e. The van der Waals surface area contributed by atoms with E-state index >= 15 is 0 Å². The van der Waals surface area contributed by atoms with E-state index in [0.29, 0.717) is 5.56 Å². The molecule has 120 valence electrons. The number of ether oxygens (including phenoxy) is 1. The number of amides is 1. The Morgan fingerprint density at radius 2 is 2.00 bits per heavy atom. The summed E-state index contributed by atoms with van der Waals surface area (Å²) in [7, 11) is 1.23. The average molecular weight is 337 g/mol. The van der Waals surface area contributed by atoms with Crippen molar-refractivity contribution in [2.75, 3.05) is 7.11 Å². The summed E-state index contributed by atoms with van der Waals surface area (Å²) in [4.78, 5) is 27.9. The molecule has 0 unspecified atom stereocenters. The summed E-state index contributed by atoms with van der Waals surface area (Å²) in [5, 5.41) is 2.74. The smallest absolute Gasteiger partial charge is 0.328 e. The Hall–Kier alpha value is -2.47. The SMILES string of the molecule is COC(=O)[C@H](Cc1ccc(F)cc1)NC(=O)c1ccncc1Cl. The molecule has 1 N–H and O–H groups in total. The summed E-state index contributed by atoms with van der Waals surface area (Å²) in [5.74, 6) is -1.50. The molecule has 2 rings (SSSR count). The summed E-state index contributed by atoms with van der Waals surface area (Å²) in [6.45, 7) is 0. The fourth-order valence-electron chi connectivity index (χ4n) is 1.99. The van der Waals surface area contributed by atoms with Crippen LogP contribution in [-0.2, 0) is 16.0 Å². The van der Waals surface area contributed by atoms with Crippen LogP contribution in [0.15, 0.2) is 42.7 Å². The Labute approximate surface area is 137 Å². The van der Waals surface area contributed by atoms with E-state index in [9.17, 15) is 14.0 Å². The Kier molecular flexibility index (Phi) is 5.65. The molecule has 7 heteroatoms. The molecular formula is C16H14ClFN2O3. The Morgan fingerprint density at radius 1 is 1.30 bits per heavy atom. The predicted molar refractivity (Wildman–Crippen MR) is 82.6 cm³/mol. The number of methoxy groups -OCH3 is 1. The summed E-state index contributed by atoms with van der Waals surface area (Å²) in [6, 6.07) is 6.18. The third kappa shape index (κ3) is 4.50. The molecule has 2 aromatic rings. The Bertz CT molecular complexity index is 707. The third-order valence-corrected chi connectivity index (χ3v) is 3.46. The lowest BCUT2D eigenvalue weighted by Crippen LogP contribution is -2.43. The number of nitrogens with one attached hydrogen (secondary N) is 1. The van der Waals surface area contributed by atoms with Crippen molar-refractivity contribution in [2.45, 2.75) is 12.5 Å². The molecule has 0 radical (unpaired) electrons. The zero-order valence-corrected chi connectivity index (χ0v) is 13.0. The minimum absolute atomic E-state index is 0.168. The minimum Gasteiger partial charge on any atom is -0.467 e. The number of pyridine rings is 1. The number of aromatic nitrogens is 1. The van der Waals surface area contributed by atoms with Crippen LogP contribution < -0.4 is 5.32 Å². The maximum absolute atomic E-state index is 12.9. The Balaban J connectivity index is 2.15. The first kappa shape index (κ1) is 16.9. The molecular weight excluding hydrogens is 323 g/mol. The number of rotatable bonds is 5. The van der Waals surface area contributed by atoms with Gasteiger partial charge in [0.05, 0.1) is 17.7 Å². The number of carbonyl (C=O) groups is 2. The van der Waals surface area contributed by atoms with E-state index in [1.807, 2.05) is 0 Å².